The number of rotatable bonds is 1. The number of carbonyl (C=O) groups is 1. The van der Waals surface area contributed by atoms with Crippen LogP contribution < -0.4 is 0 Å². The van der Waals surface area contributed by atoms with Gasteiger partial charge in [0.25, 0.3) is 10.0 Å². The van der Waals surface area contributed by atoms with Crippen LogP contribution in [0.4, 0.5) is 4.79 Å². The monoisotopic (exact) mass is 314 g/mol. The molecular formula is C15H26N2O3S. The van der Waals surface area contributed by atoms with Crippen molar-refractivity contribution in [1.82, 2.24) is 9.21 Å². The third-order valence-electron chi connectivity index (χ3n) is 4.20. The van der Waals surface area contributed by atoms with E-state index in [4.69, 9.17) is 0 Å². The Balaban J connectivity index is 2.04. The number of carbonyl (C=O) groups excluding carboxylic acids is 1. The van der Waals surface area contributed by atoms with Crippen molar-refractivity contribution in [3.05, 3.63) is 11.6 Å². The van der Waals surface area contributed by atoms with Gasteiger partial charge in [-0.15, -0.1) is 0 Å². The van der Waals surface area contributed by atoms with E-state index in [1.54, 1.807) is 0 Å². The van der Waals surface area contributed by atoms with Crippen molar-refractivity contribution in [2.24, 2.45) is 10.8 Å². The summed E-state index contributed by atoms with van der Waals surface area (Å²) in [5.74, 6) is 0. The maximum Gasteiger partial charge on any atom is 0.354 e. The fourth-order valence-electron chi connectivity index (χ4n) is 2.87. The number of hydrogen-bond acceptors (Lipinski definition) is 3. The average Bonchev–Trinajstić information content (AvgIpc) is 2.34. The van der Waals surface area contributed by atoms with Crippen molar-refractivity contribution in [3.8, 4) is 0 Å². The average molecular weight is 314 g/mol. The second-order valence-electron chi connectivity index (χ2n) is 7.88. The Labute approximate surface area is 128 Å². The summed E-state index contributed by atoms with van der Waals surface area (Å²) in [6.45, 7) is 12.1. The first-order valence-electron chi connectivity index (χ1n) is 7.42. The Bertz CT molecular complexity index is 562. The minimum absolute atomic E-state index is 0.0193. The van der Waals surface area contributed by atoms with E-state index in [0.29, 0.717) is 26.2 Å². The molecule has 2 aliphatic rings. The normalized spacial score (nSPS) is 23.5. The van der Waals surface area contributed by atoms with Crippen LogP contribution in [0, 0.1) is 10.8 Å². The predicted octanol–water partition coefficient (Wildman–Crippen LogP) is 2.46. The van der Waals surface area contributed by atoms with Crippen molar-refractivity contribution in [1.29, 1.82) is 0 Å². The van der Waals surface area contributed by atoms with Crippen LogP contribution in [0.2, 0.25) is 0 Å². The Morgan fingerprint density at radius 3 is 2.19 bits per heavy atom. The molecule has 0 unspecified atom stereocenters. The van der Waals surface area contributed by atoms with Gasteiger partial charge in [-0.25, -0.2) is 8.42 Å². The summed E-state index contributed by atoms with van der Waals surface area (Å²) >= 11 is 0. The molecular weight excluding hydrogens is 288 g/mol. The van der Waals surface area contributed by atoms with Crippen LogP contribution >= 0.6 is 0 Å². The van der Waals surface area contributed by atoms with Crippen LogP contribution in [0.3, 0.4) is 0 Å². The summed E-state index contributed by atoms with van der Waals surface area (Å²) in [7, 11) is -3.83. The fraction of sp³-hybridized carbons (Fsp3) is 0.800. The van der Waals surface area contributed by atoms with E-state index in [1.807, 2.05) is 19.9 Å². The zero-order valence-corrected chi connectivity index (χ0v) is 14.5. The first kappa shape index (κ1) is 16.5. The van der Waals surface area contributed by atoms with Crippen molar-refractivity contribution >= 4 is 15.3 Å². The number of nitrogens with zero attached hydrogens (tertiary/aromatic N) is 2. The maximum atomic E-state index is 12.3. The Kier molecular flexibility index (Phi) is 4.00. The third-order valence-corrected chi connectivity index (χ3v) is 5.84. The summed E-state index contributed by atoms with van der Waals surface area (Å²) in [5.41, 5.74) is 1.35. The second kappa shape index (κ2) is 5.09. The molecule has 21 heavy (non-hydrogen) atoms. The van der Waals surface area contributed by atoms with E-state index in [1.165, 1.54) is 14.8 Å². The van der Waals surface area contributed by atoms with Gasteiger partial charge in [-0.05, 0) is 17.3 Å². The van der Waals surface area contributed by atoms with E-state index in [-0.39, 0.29) is 10.8 Å². The summed E-state index contributed by atoms with van der Waals surface area (Å²) in [5, 5.41) is -0.748. The molecule has 0 aromatic carbocycles. The smallest absolute Gasteiger partial charge is 0.324 e. The summed E-state index contributed by atoms with van der Waals surface area (Å²) in [6.07, 6.45) is 2.74. The third kappa shape index (κ3) is 3.31. The van der Waals surface area contributed by atoms with E-state index >= 15 is 0 Å². The minimum Gasteiger partial charge on any atom is -0.324 e. The van der Waals surface area contributed by atoms with Gasteiger partial charge in [0.2, 0.25) is 0 Å². The van der Waals surface area contributed by atoms with Gasteiger partial charge in [0, 0.05) is 26.2 Å². The lowest BCUT2D eigenvalue weighted by atomic mass is 9.83. The molecule has 1 fully saturated rings. The van der Waals surface area contributed by atoms with Gasteiger partial charge in [0.15, 0.2) is 0 Å². The number of hydrogen-bond donors (Lipinski definition) is 0. The van der Waals surface area contributed by atoms with Crippen LogP contribution in [0.1, 0.15) is 41.0 Å². The first-order chi connectivity index (χ1) is 9.43. The molecule has 0 aromatic heterocycles. The Hall–Kier alpha value is -0.880. The lowest BCUT2D eigenvalue weighted by molar-refractivity contribution is 0.111. The first-order valence-corrected chi connectivity index (χ1v) is 8.86. The van der Waals surface area contributed by atoms with Gasteiger partial charge in [-0.1, -0.05) is 46.3 Å². The molecule has 0 spiro atoms. The van der Waals surface area contributed by atoms with E-state index in [2.05, 4.69) is 20.8 Å². The van der Waals surface area contributed by atoms with Gasteiger partial charge in [0.05, 0.1) is 0 Å². The van der Waals surface area contributed by atoms with Gasteiger partial charge in [-0.3, -0.25) is 4.79 Å². The van der Waals surface area contributed by atoms with Gasteiger partial charge < -0.3 is 4.90 Å². The van der Waals surface area contributed by atoms with Crippen LogP contribution in [0.15, 0.2) is 11.6 Å². The molecule has 0 aromatic rings. The Morgan fingerprint density at radius 2 is 1.81 bits per heavy atom. The summed E-state index contributed by atoms with van der Waals surface area (Å²) in [6, 6.07) is 0. The molecule has 2 heterocycles. The zero-order valence-electron chi connectivity index (χ0n) is 13.6. The summed E-state index contributed by atoms with van der Waals surface area (Å²) < 4.78 is 25.9. The molecule has 1 saturated heterocycles. The van der Waals surface area contributed by atoms with E-state index in [9.17, 15) is 13.2 Å². The highest BCUT2D eigenvalue weighted by Gasteiger charge is 2.46. The zero-order chi connectivity index (χ0) is 16.1. The number of amides is 1. The molecule has 0 atom stereocenters. The quantitative estimate of drug-likeness (QED) is 0.699. The molecule has 0 aliphatic carbocycles. The summed E-state index contributed by atoms with van der Waals surface area (Å²) in [4.78, 5) is 13.7. The van der Waals surface area contributed by atoms with Crippen LogP contribution in [-0.2, 0) is 10.0 Å². The SMILES string of the molecule is CC1(C)CN(S(=O)(=O)C(=O)N2CC=C(C(C)(C)C)CC2)C1. The molecule has 1 amide bonds. The molecule has 5 nitrogen and oxygen atoms in total. The van der Waals surface area contributed by atoms with Gasteiger partial charge in [-0.2, -0.15) is 4.31 Å². The van der Waals surface area contributed by atoms with Gasteiger partial charge in [0.1, 0.15) is 0 Å². The lowest BCUT2D eigenvalue weighted by Crippen LogP contribution is -2.58. The second-order valence-corrected chi connectivity index (χ2v) is 9.69. The van der Waals surface area contributed by atoms with Crippen LogP contribution in [0.25, 0.3) is 0 Å². The molecule has 2 rings (SSSR count). The fourth-order valence-corrected chi connectivity index (χ4v) is 4.62. The molecule has 120 valence electrons. The standard InChI is InChI=1S/C15H26N2O3S/c1-14(2,3)12-6-8-16(9-7-12)13(18)21(19,20)17-10-15(4,5)11-17/h6H,7-11H2,1-5H3. The highest BCUT2D eigenvalue weighted by molar-refractivity contribution is 8.04. The molecule has 0 radical (unpaired) electrons. The highest BCUT2D eigenvalue weighted by Crippen LogP contribution is 2.33. The molecule has 2 aliphatic heterocycles. The maximum absolute atomic E-state index is 12.3. The van der Waals surface area contributed by atoms with Crippen LogP contribution in [-0.4, -0.2) is 49.0 Å². The van der Waals surface area contributed by atoms with Crippen molar-refractivity contribution < 1.29 is 13.2 Å². The topological polar surface area (TPSA) is 57.7 Å². The minimum atomic E-state index is -3.83. The lowest BCUT2D eigenvalue weighted by Gasteiger charge is -2.44. The van der Waals surface area contributed by atoms with Crippen LogP contribution in [0.5, 0.6) is 0 Å². The predicted molar refractivity (Wildman–Crippen MR) is 83.4 cm³/mol. The number of sulfonamides is 1. The Morgan fingerprint density at radius 1 is 1.24 bits per heavy atom. The molecule has 0 N–H and O–H groups in total. The van der Waals surface area contributed by atoms with Gasteiger partial charge >= 0.3 is 5.24 Å². The molecule has 6 heteroatoms. The molecule has 0 bridgehead atoms. The highest BCUT2D eigenvalue weighted by atomic mass is 32.2. The van der Waals surface area contributed by atoms with Crippen molar-refractivity contribution in [2.75, 3.05) is 26.2 Å². The van der Waals surface area contributed by atoms with Crippen molar-refractivity contribution in [2.45, 2.75) is 41.0 Å². The largest absolute Gasteiger partial charge is 0.354 e. The van der Waals surface area contributed by atoms with Crippen molar-refractivity contribution in [3.63, 3.8) is 0 Å². The molecule has 0 saturated carbocycles. The van der Waals surface area contributed by atoms with E-state index < -0.39 is 15.3 Å². The van der Waals surface area contributed by atoms with E-state index in [0.717, 1.165) is 6.42 Å².